The number of nitrogens with zero attached hydrogens (tertiary/aromatic N) is 1. The van der Waals surface area contributed by atoms with E-state index in [1.807, 2.05) is 0 Å². The van der Waals surface area contributed by atoms with Gasteiger partial charge in [-0.3, -0.25) is 14.8 Å². The molecule has 9 heteroatoms. The zero-order valence-corrected chi connectivity index (χ0v) is 11.9. The lowest BCUT2D eigenvalue weighted by molar-refractivity contribution is -0.384. The number of nitro benzene ring substituents is 1. The van der Waals surface area contributed by atoms with Crippen molar-refractivity contribution in [3.8, 4) is 5.75 Å². The molecule has 0 spiro atoms. The molecule has 0 aliphatic heterocycles. The van der Waals surface area contributed by atoms with Gasteiger partial charge >= 0.3 is 0 Å². The molecular formula is C12H9ClN2O5S. The van der Waals surface area contributed by atoms with E-state index in [1.165, 1.54) is 18.2 Å². The molecule has 0 saturated heterocycles. The summed E-state index contributed by atoms with van der Waals surface area (Å²) in [6.45, 7) is 0. The molecule has 0 amide bonds. The van der Waals surface area contributed by atoms with E-state index in [9.17, 15) is 23.6 Å². The fraction of sp³-hybridized carbons (Fsp3) is 0. The van der Waals surface area contributed by atoms with E-state index in [2.05, 4.69) is 4.72 Å². The molecule has 21 heavy (non-hydrogen) atoms. The van der Waals surface area contributed by atoms with Crippen LogP contribution in [0.5, 0.6) is 5.75 Å². The van der Waals surface area contributed by atoms with Gasteiger partial charge in [0.05, 0.1) is 15.6 Å². The third kappa shape index (κ3) is 3.23. The summed E-state index contributed by atoms with van der Waals surface area (Å²) in [5, 5.41) is 20.3. The van der Waals surface area contributed by atoms with Crippen molar-refractivity contribution in [1.29, 1.82) is 0 Å². The Balaban J connectivity index is 2.44. The molecule has 0 aliphatic carbocycles. The van der Waals surface area contributed by atoms with Crippen molar-refractivity contribution in [2.75, 3.05) is 4.72 Å². The quantitative estimate of drug-likeness (QED) is 0.509. The van der Waals surface area contributed by atoms with Crippen molar-refractivity contribution < 1.29 is 18.4 Å². The first-order valence-corrected chi connectivity index (χ1v) is 7.42. The molecule has 0 aromatic heterocycles. The Morgan fingerprint density at radius 3 is 2.48 bits per heavy atom. The van der Waals surface area contributed by atoms with Gasteiger partial charge in [0, 0.05) is 12.1 Å². The predicted molar refractivity (Wildman–Crippen MR) is 77.0 cm³/mol. The van der Waals surface area contributed by atoms with Crippen LogP contribution in [0.4, 0.5) is 11.4 Å². The molecule has 7 nitrogen and oxygen atoms in total. The number of non-ortho nitro benzene ring substituents is 1. The predicted octanol–water partition coefficient (Wildman–Crippen LogP) is 2.75. The molecule has 2 aromatic rings. The summed E-state index contributed by atoms with van der Waals surface area (Å²) in [6, 6.07) is 8.72. The Hall–Kier alpha value is -2.32. The van der Waals surface area contributed by atoms with Gasteiger partial charge in [-0.15, -0.1) is 0 Å². The first-order chi connectivity index (χ1) is 9.81. The SMILES string of the molecule is O=[N+]([O-])c1ccc(O)c(NS(=O)(=O)c2ccccc2Cl)c1. The number of nitro groups is 1. The maximum Gasteiger partial charge on any atom is 0.271 e. The van der Waals surface area contributed by atoms with Crippen molar-refractivity contribution >= 4 is 33.0 Å². The molecule has 2 rings (SSSR count). The minimum absolute atomic E-state index is 0.00470. The molecule has 0 aliphatic rings. The second-order valence-electron chi connectivity index (χ2n) is 3.99. The maximum atomic E-state index is 12.2. The topological polar surface area (TPSA) is 110 Å². The van der Waals surface area contributed by atoms with Gasteiger partial charge in [0.15, 0.2) is 0 Å². The fourth-order valence-corrected chi connectivity index (χ4v) is 3.17. The number of anilines is 1. The highest BCUT2D eigenvalue weighted by Gasteiger charge is 2.20. The highest BCUT2D eigenvalue weighted by molar-refractivity contribution is 7.92. The summed E-state index contributed by atoms with van der Waals surface area (Å²) < 4.78 is 26.4. The average Bonchev–Trinajstić information content (AvgIpc) is 2.41. The van der Waals surface area contributed by atoms with Crippen molar-refractivity contribution in [2.24, 2.45) is 0 Å². The van der Waals surface area contributed by atoms with Gasteiger partial charge < -0.3 is 5.11 Å². The summed E-state index contributed by atoms with van der Waals surface area (Å²) in [5.41, 5.74) is -0.659. The van der Waals surface area contributed by atoms with Crippen LogP contribution < -0.4 is 4.72 Å². The van der Waals surface area contributed by atoms with Gasteiger partial charge in [0.1, 0.15) is 10.6 Å². The number of hydrogen-bond donors (Lipinski definition) is 2. The Bertz CT molecular complexity index is 807. The van der Waals surface area contributed by atoms with E-state index < -0.39 is 20.7 Å². The Morgan fingerprint density at radius 1 is 1.19 bits per heavy atom. The molecule has 2 aromatic carbocycles. The largest absolute Gasteiger partial charge is 0.506 e. The van der Waals surface area contributed by atoms with Crippen LogP contribution in [0.3, 0.4) is 0 Å². The van der Waals surface area contributed by atoms with Gasteiger partial charge in [-0.25, -0.2) is 8.42 Å². The van der Waals surface area contributed by atoms with Crippen LogP contribution in [0.2, 0.25) is 5.02 Å². The van der Waals surface area contributed by atoms with Gasteiger partial charge in [-0.2, -0.15) is 0 Å². The normalized spacial score (nSPS) is 11.1. The van der Waals surface area contributed by atoms with E-state index in [0.29, 0.717) is 0 Å². The molecule has 0 bridgehead atoms. The smallest absolute Gasteiger partial charge is 0.271 e. The number of rotatable bonds is 4. The number of phenols is 1. The van der Waals surface area contributed by atoms with E-state index >= 15 is 0 Å². The van der Waals surface area contributed by atoms with Gasteiger partial charge in [0.2, 0.25) is 0 Å². The Kier molecular flexibility index (Phi) is 4.01. The number of nitrogens with one attached hydrogen (secondary N) is 1. The molecule has 110 valence electrons. The minimum atomic E-state index is -4.07. The lowest BCUT2D eigenvalue weighted by Gasteiger charge is -2.10. The summed E-state index contributed by atoms with van der Waals surface area (Å²) >= 11 is 5.81. The number of benzene rings is 2. The Labute approximate surface area is 125 Å². The molecule has 0 radical (unpaired) electrons. The van der Waals surface area contributed by atoms with Crippen LogP contribution >= 0.6 is 11.6 Å². The minimum Gasteiger partial charge on any atom is -0.506 e. The van der Waals surface area contributed by atoms with Crippen LogP contribution in [-0.2, 0) is 10.0 Å². The van der Waals surface area contributed by atoms with Crippen LogP contribution in [0.25, 0.3) is 0 Å². The molecule has 0 unspecified atom stereocenters. The van der Waals surface area contributed by atoms with E-state index in [4.69, 9.17) is 11.6 Å². The van der Waals surface area contributed by atoms with Gasteiger partial charge in [-0.05, 0) is 18.2 Å². The van der Waals surface area contributed by atoms with Gasteiger partial charge in [0.25, 0.3) is 15.7 Å². The number of sulfonamides is 1. The van der Waals surface area contributed by atoms with Crippen molar-refractivity contribution in [2.45, 2.75) is 4.90 Å². The lowest BCUT2D eigenvalue weighted by Crippen LogP contribution is -2.13. The van der Waals surface area contributed by atoms with Crippen LogP contribution in [-0.4, -0.2) is 18.4 Å². The molecule has 0 fully saturated rings. The number of hydrogen-bond acceptors (Lipinski definition) is 5. The van der Waals surface area contributed by atoms with Crippen molar-refractivity contribution in [3.05, 3.63) is 57.6 Å². The second kappa shape index (κ2) is 5.58. The van der Waals surface area contributed by atoms with Gasteiger partial charge in [-0.1, -0.05) is 23.7 Å². The molecule has 0 saturated carbocycles. The first-order valence-electron chi connectivity index (χ1n) is 5.56. The van der Waals surface area contributed by atoms with Crippen LogP contribution in [0.1, 0.15) is 0 Å². The first kappa shape index (κ1) is 15.1. The number of phenolic OH excluding ortho intramolecular Hbond substituents is 1. The maximum absolute atomic E-state index is 12.2. The summed E-state index contributed by atoms with van der Waals surface area (Å²) in [5.74, 6) is -0.434. The average molecular weight is 329 g/mol. The Morgan fingerprint density at radius 2 is 1.86 bits per heavy atom. The zero-order valence-electron chi connectivity index (χ0n) is 10.4. The standard InChI is InChI=1S/C12H9ClN2O5S/c13-9-3-1-2-4-12(9)21(19,20)14-10-7-8(15(17)18)5-6-11(10)16/h1-7,14,16H. The van der Waals surface area contributed by atoms with E-state index in [1.54, 1.807) is 6.07 Å². The molecule has 2 N–H and O–H groups in total. The highest BCUT2D eigenvalue weighted by Crippen LogP contribution is 2.31. The monoisotopic (exact) mass is 328 g/mol. The lowest BCUT2D eigenvalue weighted by atomic mass is 10.2. The van der Waals surface area contributed by atoms with E-state index in [0.717, 1.165) is 18.2 Å². The number of aromatic hydroxyl groups is 1. The summed E-state index contributed by atoms with van der Waals surface area (Å²) in [7, 11) is -4.07. The molecule has 0 heterocycles. The van der Waals surface area contributed by atoms with Crippen LogP contribution in [0, 0.1) is 10.1 Å². The van der Waals surface area contributed by atoms with Crippen LogP contribution in [0.15, 0.2) is 47.4 Å². The van der Waals surface area contributed by atoms with Crippen molar-refractivity contribution in [3.63, 3.8) is 0 Å². The molecular weight excluding hydrogens is 320 g/mol. The fourth-order valence-electron chi connectivity index (χ4n) is 1.58. The summed E-state index contributed by atoms with van der Waals surface area (Å²) in [4.78, 5) is 9.78. The summed E-state index contributed by atoms with van der Waals surface area (Å²) in [6.07, 6.45) is 0. The second-order valence-corrected chi connectivity index (χ2v) is 6.05. The zero-order chi connectivity index (χ0) is 15.6. The number of halogens is 1. The highest BCUT2D eigenvalue weighted by atomic mass is 35.5. The van der Waals surface area contributed by atoms with Crippen molar-refractivity contribution in [1.82, 2.24) is 0 Å². The third-order valence-electron chi connectivity index (χ3n) is 2.56. The van der Waals surface area contributed by atoms with E-state index in [-0.39, 0.29) is 21.3 Å². The third-order valence-corrected chi connectivity index (χ3v) is 4.43. The molecule has 0 atom stereocenters.